The van der Waals surface area contributed by atoms with Crippen molar-refractivity contribution in [3.05, 3.63) is 23.5 Å². The maximum absolute atomic E-state index is 9.89. The van der Waals surface area contributed by atoms with Crippen LogP contribution in [0.5, 0.6) is 0 Å². The van der Waals surface area contributed by atoms with Gasteiger partial charge in [0.2, 0.25) is 0 Å². The number of rotatable bonds is 9. The van der Waals surface area contributed by atoms with Gasteiger partial charge < -0.3 is 20.3 Å². The number of aliphatic hydroxyl groups excluding tert-OH is 1. The Morgan fingerprint density at radius 2 is 2.17 bits per heavy atom. The number of aliphatic hydroxyl groups is 1. The van der Waals surface area contributed by atoms with Crippen molar-refractivity contribution in [3.63, 3.8) is 0 Å². The smallest absolute Gasteiger partial charge is 0.115 e. The normalized spacial score (nSPS) is 17.1. The molecule has 1 atom stereocenters. The van der Waals surface area contributed by atoms with Crippen LogP contribution in [-0.2, 0) is 9.47 Å². The van der Waals surface area contributed by atoms with Gasteiger partial charge in [0, 0.05) is 13.7 Å². The fraction of sp³-hybridized carbons (Fsp3) is 0.714. The van der Waals surface area contributed by atoms with E-state index in [9.17, 15) is 5.11 Å². The summed E-state index contributed by atoms with van der Waals surface area (Å²) in [5, 5.41) is 9.89. The van der Waals surface area contributed by atoms with Gasteiger partial charge >= 0.3 is 0 Å². The Labute approximate surface area is 109 Å². The highest BCUT2D eigenvalue weighted by molar-refractivity contribution is 5.25. The minimum absolute atomic E-state index is 0.421. The Balaban J connectivity index is 2.30. The first-order valence-electron chi connectivity index (χ1n) is 6.68. The van der Waals surface area contributed by atoms with Crippen LogP contribution < -0.4 is 5.73 Å². The Hall–Kier alpha value is -0.840. The molecular formula is C14H25NO3. The highest BCUT2D eigenvalue weighted by Gasteiger charge is 2.13. The highest BCUT2D eigenvalue weighted by Crippen LogP contribution is 2.22. The summed E-state index contributed by atoms with van der Waals surface area (Å²) in [5.41, 5.74) is 6.49. The van der Waals surface area contributed by atoms with E-state index >= 15 is 0 Å². The number of hydrogen-bond acceptors (Lipinski definition) is 4. The van der Waals surface area contributed by atoms with Crippen molar-refractivity contribution in [2.45, 2.75) is 38.2 Å². The third-order valence-electron chi connectivity index (χ3n) is 2.99. The van der Waals surface area contributed by atoms with Gasteiger partial charge in [-0.15, -0.1) is 0 Å². The number of methoxy groups -OCH3 is 1. The largest absolute Gasteiger partial charge is 0.494 e. The summed E-state index contributed by atoms with van der Waals surface area (Å²) in [5.74, 6) is 0.879. The van der Waals surface area contributed by atoms with Gasteiger partial charge in [-0.2, -0.15) is 0 Å². The molecule has 0 bridgehead atoms. The Bertz CT molecular complexity index is 287. The molecule has 0 saturated carbocycles. The van der Waals surface area contributed by atoms with E-state index in [2.05, 4.69) is 6.08 Å². The van der Waals surface area contributed by atoms with E-state index < -0.39 is 6.10 Å². The molecule has 0 saturated heterocycles. The molecule has 4 nitrogen and oxygen atoms in total. The standard InChI is InChI=1S/C14H25NO3/c1-17-9-2-3-10-18-13-6-4-5-12(11-13)14(16)7-8-15/h6,11,14,16H,2-5,7-10,15H2,1H3. The van der Waals surface area contributed by atoms with Gasteiger partial charge in [-0.05, 0) is 56.4 Å². The fourth-order valence-corrected chi connectivity index (χ4v) is 1.94. The molecule has 0 aromatic carbocycles. The molecule has 0 spiro atoms. The molecule has 1 aliphatic rings. The second-order valence-electron chi connectivity index (χ2n) is 4.51. The number of hydrogen-bond donors (Lipinski definition) is 2. The molecule has 0 aromatic heterocycles. The van der Waals surface area contributed by atoms with Crippen LogP contribution in [0.1, 0.15) is 32.1 Å². The van der Waals surface area contributed by atoms with Crippen LogP contribution in [-0.4, -0.2) is 38.1 Å². The van der Waals surface area contributed by atoms with Crippen molar-refractivity contribution < 1.29 is 14.6 Å². The zero-order valence-corrected chi connectivity index (χ0v) is 11.2. The first-order chi connectivity index (χ1) is 8.77. The van der Waals surface area contributed by atoms with Gasteiger partial charge in [0.1, 0.15) is 5.76 Å². The van der Waals surface area contributed by atoms with Gasteiger partial charge in [-0.1, -0.05) is 0 Å². The molecule has 104 valence electrons. The molecule has 1 unspecified atom stereocenters. The van der Waals surface area contributed by atoms with E-state index in [0.717, 1.165) is 43.6 Å². The topological polar surface area (TPSA) is 64.7 Å². The Morgan fingerprint density at radius 3 is 2.89 bits per heavy atom. The van der Waals surface area contributed by atoms with Gasteiger partial charge in [0.25, 0.3) is 0 Å². The average molecular weight is 255 g/mol. The second kappa shape index (κ2) is 9.14. The van der Waals surface area contributed by atoms with Crippen molar-refractivity contribution >= 4 is 0 Å². The first kappa shape index (κ1) is 15.2. The summed E-state index contributed by atoms with van der Waals surface area (Å²) in [6.07, 6.45) is 8.06. The van der Waals surface area contributed by atoms with Crippen molar-refractivity contribution in [2.24, 2.45) is 5.73 Å². The van der Waals surface area contributed by atoms with E-state index in [-0.39, 0.29) is 0 Å². The molecule has 3 N–H and O–H groups in total. The SMILES string of the molecule is COCCCCOC1=CCCC(C(O)CCN)=C1. The third-order valence-corrected chi connectivity index (χ3v) is 2.99. The summed E-state index contributed by atoms with van der Waals surface area (Å²) < 4.78 is 10.7. The van der Waals surface area contributed by atoms with E-state index in [1.165, 1.54) is 0 Å². The number of allylic oxidation sites excluding steroid dienone is 2. The second-order valence-corrected chi connectivity index (χ2v) is 4.51. The molecule has 0 radical (unpaired) electrons. The molecule has 0 amide bonds. The molecule has 4 heteroatoms. The first-order valence-corrected chi connectivity index (χ1v) is 6.68. The summed E-state index contributed by atoms with van der Waals surface area (Å²) in [6.45, 7) is 1.99. The van der Waals surface area contributed by atoms with E-state index in [1.807, 2.05) is 6.08 Å². The zero-order chi connectivity index (χ0) is 13.2. The zero-order valence-electron chi connectivity index (χ0n) is 11.2. The van der Waals surface area contributed by atoms with Crippen molar-refractivity contribution in [1.82, 2.24) is 0 Å². The van der Waals surface area contributed by atoms with Crippen molar-refractivity contribution in [2.75, 3.05) is 26.9 Å². The maximum Gasteiger partial charge on any atom is 0.115 e. The predicted octanol–water partition coefficient (Wildman–Crippen LogP) is 1.74. The molecule has 1 rings (SSSR count). The molecule has 0 fully saturated rings. The summed E-state index contributed by atoms with van der Waals surface area (Å²) in [7, 11) is 1.71. The van der Waals surface area contributed by atoms with E-state index in [0.29, 0.717) is 19.6 Å². The molecular weight excluding hydrogens is 230 g/mol. The minimum Gasteiger partial charge on any atom is -0.494 e. The van der Waals surface area contributed by atoms with E-state index in [4.69, 9.17) is 15.2 Å². The van der Waals surface area contributed by atoms with Gasteiger partial charge in [0.05, 0.1) is 12.7 Å². The quantitative estimate of drug-likeness (QED) is 0.616. The van der Waals surface area contributed by atoms with Crippen LogP contribution in [0.2, 0.25) is 0 Å². The van der Waals surface area contributed by atoms with Gasteiger partial charge in [-0.3, -0.25) is 0 Å². The highest BCUT2D eigenvalue weighted by atomic mass is 16.5. The lowest BCUT2D eigenvalue weighted by molar-refractivity contribution is 0.166. The van der Waals surface area contributed by atoms with Crippen LogP contribution in [0.25, 0.3) is 0 Å². The van der Waals surface area contributed by atoms with Crippen LogP contribution in [0, 0.1) is 0 Å². The lowest BCUT2D eigenvalue weighted by Gasteiger charge is -2.19. The lowest BCUT2D eigenvalue weighted by Crippen LogP contribution is -2.17. The summed E-state index contributed by atoms with van der Waals surface area (Å²) in [6, 6.07) is 0. The Kier molecular flexibility index (Phi) is 7.73. The molecule has 0 aromatic rings. The molecule has 0 aliphatic heterocycles. The maximum atomic E-state index is 9.89. The predicted molar refractivity (Wildman–Crippen MR) is 72.1 cm³/mol. The molecule has 18 heavy (non-hydrogen) atoms. The van der Waals surface area contributed by atoms with E-state index in [1.54, 1.807) is 7.11 Å². The monoisotopic (exact) mass is 255 g/mol. The van der Waals surface area contributed by atoms with Gasteiger partial charge in [0.15, 0.2) is 0 Å². The van der Waals surface area contributed by atoms with Crippen LogP contribution in [0.15, 0.2) is 23.5 Å². The van der Waals surface area contributed by atoms with Crippen LogP contribution in [0.4, 0.5) is 0 Å². The number of ether oxygens (including phenoxy) is 2. The van der Waals surface area contributed by atoms with Crippen LogP contribution >= 0.6 is 0 Å². The number of unbranched alkanes of at least 4 members (excludes halogenated alkanes) is 1. The summed E-state index contributed by atoms with van der Waals surface area (Å²) >= 11 is 0. The fourth-order valence-electron chi connectivity index (χ4n) is 1.94. The average Bonchev–Trinajstić information content (AvgIpc) is 2.39. The molecule has 1 aliphatic carbocycles. The van der Waals surface area contributed by atoms with Crippen molar-refractivity contribution in [1.29, 1.82) is 0 Å². The van der Waals surface area contributed by atoms with Crippen molar-refractivity contribution in [3.8, 4) is 0 Å². The lowest BCUT2D eigenvalue weighted by atomic mass is 9.97. The van der Waals surface area contributed by atoms with Crippen LogP contribution in [0.3, 0.4) is 0 Å². The Morgan fingerprint density at radius 1 is 1.39 bits per heavy atom. The minimum atomic E-state index is -0.421. The number of nitrogens with two attached hydrogens (primary N) is 1. The third kappa shape index (κ3) is 5.67. The summed E-state index contributed by atoms with van der Waals surface area (Å²) in [4.78, 5) is 0. The van der Waals surface area contributed by atoms with Gasteiger partial charge in [-0.25, -0.2) is 0 Å². The molecule has 0 heterocycles.